The summed E-state index contributed by atoms with van der Waals surface area (Å²) < 4.78 is 33.6. The van der Waals surface area contributed by atoms with Crippen molar-refractivity contribution in [2.75, 3.05) is 0 Å². The number of hydrogen-bond acceptors (Lipinski definition) is 5. The van der Waals surface area contributed by atoms with Crippen LogP contribution in [0.3, 0.4) is 0 Å². The van der Waals surface area contributed by atoms with Crippen LogP contribution in [-0.2, 0) is 6.42 Å². The number of ether oxygens (including phenoxy) is 1. The molecule has 2 heterocycles. The lowest BCUT2D eigenvalue weighted by Crippen LogP contribution is -2.16. The molecule has 2 aromatic heterocycles. The van der Waals surface area contributed by atoms with E-state index in [9.17, 15) is 18.4 Å². The lowest BCUT2D eigenvalue weighted by molar-refractivity contribution is 0.207. The van der Waals surface area contributed by atoms with Gasteiger partial charge in [-0.15, -0.1) is 0 Å². The summed E-state index contributed by atoms with van der Waals surface area (Å²) in [6, 6.07) is 13.9. The van der Waals surface area contributed by atoms with Gasteiger partial charge in [0.1, 0.15) is 11.6 Å². The fourth-order valence-corrected chi connectivity index (χ4v) is 3.76. The molecule has 0 saturated heterocycles. The van der Waals surface area contributed by atoms with Gasteiger partial charge in [-0.1, -0.05) is 24.3 Å². The lowest BCUT2D eigenvalue weighted by Gasteiger charge is -2.09. The molecule has 4 N–H and O–H groups in total. The molecule has 5 aromatic rings. The van der Waals surface area contributed by atoms with Crippen molar-refractivity contribution >= 4 is 27.9 Å². The molecule has 1 amide bonds. The molecule has 5 rings (SSSR count). The van der Waals surface area contributed by atoms with Crippen molar-refractivity contribution in [1.29, 1.82) is 0 Å². The molecular weight excluding hydrogens is 432 g/mol. The molecule has 0 fully saturated rings. The largest absolute Gasteiger partial charge is 0.412 e. The quantitative estimate of drug-likeness (QED) is 0.386. The first kappa shape index (κ1) is 20.3. The van der Waals surface area contributed by atoms with E-state index in [1.54, 1.807) is 36.4 Å². The number of carbonyl (C=O) groups excluding carboxylic acids is 1. The zero-order chi connectivity index (χ0) is 23.1. The molecular formula is C23H15F2N5O3. The average Bonchev–Trinajstić information content (AvgIpc) is 3.17. The Bertz CT molecular complexity index is 1610. The second kappa shape index (κ2) is 7.83. The van der Waals surface area contributed by atoms with E-state index >= 15 is 0 Å². The normalized spacial score (nSPS) is 11.2. The molecule has 8 nitrogen and oxygen atoms in total. The number of imidazole rings is 1. The molecule has 0 atom stereocenters. The van der Waals surface area contributed by atoms with Crippen LogP contribution in [-0.4, -0.2) is 26.3 Å². The van der Waals surface area contributed by atoms with Crippen LogP contribution in [0.2, 0.25) is 0 Å². The van der Waals surface area contributed by atoms with Crippen LogP contribution in [0.15, 0.2) is 59.4 Å². The number of H-pyrrole nitrogens is 2. The van der Waals surface area contributed by atoms with E-state index in [0.29, 0.717) is 38.8 Å². The number of primary amides is 1. The molecule has 0 unspecified atom stereocenters. The topological polar surface area (TPSA) is 127 Å². The molecule has 164 valence electrons. The third-order valence-corrected chi connectivity index (χ3v) is 5.21. The van der Waals surface area contributed by atoms with Gasteiger partial charge in [0.15, 0.2) is 0 Å². The van der Waals surface area contributed by atoms with Crippen LogP contribution >= 0.6 is 0 Å². The number of nitrogens with two attached hydrogens (primary N) is 1. The summed E-state index contributed by atoms with van der Waals surface area (Å²) in [5.41, 5.74) is 7.47. The number of fused-ring (bicyclic) bond motifs is 2. The van der Waals surface area contributed by atoms with Gasteiger partial charge < -0.3 is 15.5 Å². The summed E-state index contributed by atoms with van der Waals surface area (Å²) in [6.45, 7) is 0. The molecule has 3 aromatic carbocycles. The second-order valence-electron chi connectivity index (χ2n) is 7.35. The number of benzene rings is 3. The van der Waals surface area contributed by atoms with Gasteiger partial charge in [-0.25, -0.2) is 18.7 Å². The van der Waals surface area contributed by atoms with Gasteiger partial charge in [0, 0.05) is 17.4 Å². The number of nitrogens with one attached hydrogen (secondary N) is 2. The van der Waals surface area contributed by atoms with Gasteiger partial charge in [-0.05, 0) is 41.5 Å². The SMILES string of the molecule is NC(=O)Oc1nc2ccc(-c3cc(Cc4n[nH]c(=O)c5c(F)cccc45)ccc3F)cc2[nH]1. The van der Waals surface area contributed by atoms with Crippen LogP contribution in [0.25, 0.3) is 32.9 Å². The number of amides is 1. The summed E-state index contributed by atoms with van der Waals surface area (Å²) in [5.74, 6) is -1.08. The third kappa shape index (κ3) is 3.78. The minimum absolute atomic E-state index is 0.0628. The Morgan fingerprint density at radius 1 is 1.06 bits per heavy atom. The Morgan fingerprint density at radius 3 is 2.73 bits per heavy atom. The monoisotopic (exact) mass is 447 g/mol. The Morgan fingerprint density at radius 2 is 1.91 bits per heavy atom. The highest BCUT2D eigenvalue weighted by Gasteiger charge is 2.14. The fraction of sp³-hybridized carbons (Fsp3) is 0.0435. The Kier molecular flexibility index (Phi) is 4.82. The highest BCUT2D eigenvalue weighted by Crippen LogP contribution is 2.29. The molecule has 10 heteroatoms. The number of halogens is 2. The van der Waals surface area contributed by atoms with Crippen molar-refractivity contribution in [3.63, 3.8) is 0 Å². The van der Waals surface area contributed by atoms with Crippen LogP contribution < -0.4 is 16.0 Å². The maximum absolute atomic E-state index is 14.7. The summed E-state index contributed by atoms with van der Waals surface area (Å²) in [6.07, 6.45) is -0.760. The molecule has 0 aliphatic heterocycles. The predicted octanol–water partition coefficient (Wildman–Crippen LogP) is 3.79. The summed E-state index contributed by atoms with van der Waals surface area (Å²) >= 11 is 0. The van der Waals surface area contributed by atoms with Gasteiger partial charge in [0.25, 0.3) is 5.56 Å². The summed E-state index contributed by atoms with van der Waals surface area (Å²) in [7, 11) is 0. The molecule has 0 aliphatic rings. The maximum atomic E-state index is 14.7. The van der Waals surface area contributed by atoms with Crippen LogP contribution in [0.5, 0.6) is 6.01 Å². The van der Waals surface area contributed by atoms with Crippen molar-refractivity contribution < 1.29 is 18.3 Å². The standard InChI is InChI=1S/C23H15F2N5O3/c24-15-6-4-11(9-18-13-2-1-3-16(25)20(13)21(31)30-29-18)8-14(15)12-5-7-17-19(10-12)28-23(27-17)33-22(26)32/h1-8,10H,9H2,(H2,26,32)(H,27,28)(H,30,31). The Hall–Kier alpha value is -4.60. The highest BCUT2D eigenvalue weighted by molar-refractivity contribution is 5.85. The minimum Gasteiger partial charge on any atom is -0.376 e. The van der Waals surface area contributed by atoms with Crippen molar-refractivity contribution in [1.82, 2.24) is 20.2 Å². The predicted molar refractivity (Wildman–Crippen MR) is 117 cm³/mol. The Labute approximate surface area is 184 Å². The van der Waals surface area contributed by atoms with Gasteiger partial charge in [0.05, 0.1) is 22.1 Å². The summed E-state index contributed by atoms with van der Waals surface area (Å²) in [5, 5.41) is 6.72. The van der Waals surface area contributed by atoms with E-state index in [4.69, 9.17) is 10.5 Å². The first-order valence-electron chi connectivity index (χ1n) is 9.80. The van der Waals surface area contributed by atoms with Crippen molar-refractivity contribution in [2.45, 2.75) is 6.42 Å². The molecule has 0 aliphatic carbocycles. The van der Waals surface area contributed by atoms with E-state index in [-0.39, 0.29) is 17.8 Å². The molecule has 33 heavy (non-hydrogen) atoms. The average molecular weight is 447 g/mol. The number of aromatic amines is 2. The molecule has 0 radical (unpaired) electrons. The smallest absolute Gasteiger partial charge is 0.376 e. The minimum atomic E-state index is -1.00. The van der Waals surface area contributed by atoms with E-state index in [1.165, 1.54) is 18.2 Å². The van der Waals surface area contributed by atoms with E-state index in [2.05, 4.69) is 20.2 Å². The second-order valence-corrected chi connectivity index (χ2v) is 7.35. The van der Waals surface area contributed by atoms with E-state index < -0.39 is 23.3 Å². The number of carbonyl (C=O) groups is 1. The lowest BCUT2D eigenvalue weighted by atomic mass is 9.98. The first-order valence-corrected chi connectivity index (χ1v) is 9.80. The number of rotatable bonds is 4. The van der Waals surface area contributed by atoms with Crippen molar-refractivity contribution in [3.05, 3.63) is 87.8 Å². The number of hydrogen-bond donors (Lipinski definition) is 3. The number of nitrogens with zero attached hydrogens (tertiary/aromatic N) is 2. The van der Waals surface area contributed by atoms with E-state index in [0.717, 1.165) is 0 Å². The van der Waals surface area contributed by atoms with Gasteiger partial charge in [-0.3, -0.25) is 4.79 Å². The first-order chi connectivity index (χ1) is 15.9. The van der Waals surface area contributed by atoms with Crippen LogP contribution in [0, 0.1) is 11.6 Å². The van der Waals surface area contributed by atoms with E-state index in [1.807, 2.05) is 0 Å². The Balaban J connectivity index is 1.54. The van der Waals surface area contributed by atoms with Gasteiger partial charge in [-0.2, -0.15) is 10.1 Å². The number of aromatic nitrogens is 4. The summed E-state index contributed by atoms with van der Waals surface area (Å²) in [4.78, 5) is 29.8. The zero-order valence-electron chi connectivity index (χ0n) is 16.9. The van der Waals surface area contributed by atoms with Crippen LogP contribution in [0.4, 0.5) is 13.6 Å². The molecule has 0 saturated carbocycles. The van der Waals surface area contributed by atoms with Crippen molar-refractivity contribution in [3.8, 4) is 17.1 Å². The maximum Gasteiger partial charge on any atom is 0.412 e. The molecule has 0 bridgehead atoms. The fourth-order valence-electron chi connectivity index (χ4n) is 3.76. The van der Waals surface area contributed by atoms with Gasteiger partial charge >= 0.3 is 12.1 Å². The zero-order valence-corrected chi connectivity index (χ0v) is 16.9. The molecule has 0 spiro atoms. The third-order valence-electron chi connectivity index (χ3n) is 5.21. The van der Waals surface area contributed by atoms with Crippen molar-refractivity contribution in [2.24, 2.45) is 5.73 Å². The highest BCUT2D eigenvalue weighted by atomic mass is 19.1. The van der Waals surface area contributed by atoms with Gasteiger partial charge in [0.2, 0.25) is 0 Å². The van der Waals surface area contributed by atoms with Crippen LogP contribution in [0.1, 0.15) is 11.3 Å².